The minimum atomic E-state index is -0.365. The molecule has 0 aliphatic carbocycles. The van der Waals surface area contributed by atoms with E-state index in [1.54, 1.807) is 11.1 Å². The van der Waals surface area contributed by atoms with Crippen LogP contribution in [0.3, 0.4) is 0 Å². The summed E-state index contributed by atoms with van der Waals surface area (Å²) in [4.78, 5) is 31.0. The number of ether oxygens (including phenoxy) is 1. The molecule has 0 spiro atoms. The minimum absolute atomic E-state index is 0.0299. The number of aromatic nitrogens is 2. The van der Waals surface area contributed by atoms with Crippen molar-refractivity contribution < 1.29 is 13.9 Å². The Morgan fingerprint density at radius 2 is 2.29 bits per heavy atom. The zero-order chi connectivity index (χ0) is 17.1. The van der Waals surface area contributed by atoms with E-state index in [1.165, 1.54) is 19.4 Å². The van der Waals surface area contributed by atoms with Crippen LogP contribution in [0.15, 0.2) is 33.9 Å². The van der Waals surface area contributed by atoms with Gasteiger partial charge in [-0.05, 0) is 26.2 Å². The highest BCUT2D eigenvalue weighted by Crippen LogP contribution is 2.31. The van der Waals surface area contributed by atoms with Gasteiger partial charge in [-0.1, -0.05) is 0 Å². The van der Waals surface area contributed by atoms with Crippen LogP contribution in [0.5, 0.6) is 5.75 Å². The van der Waals surface area contributed by atoms with Gasteiger partial charge in [-0.15, -0.1) is 0 Å². The number of methoxy groups -OCH3 is 1. The molecule has 0 bridgehead atoms. The molecular formula is C17H21N3O4. The van der Waals surface area contributed by atoms with Crippen molar-refractivity contribution in [1.82, 2.24) is 14.5 Å². The van der Waals surface area contributed by atoms with Crippen LogP contribution in [0.4, 0.5) is 0 Å². The van der Waals surface area contributed by atoms with Crippen LogP contribution in [-0.4, -0.2) is 34.0 Å². The second-order valence-corrected chi connectivity index (χ2v) is 5.76. The summed E-state index contributed by atoms with van der Waals surface area (Å²) in [6.45, 7) is 3.46. The molecule has 3 rings (SSSR count). The lowest BCUT2D eigenvalue weighted by atomic mass is 10.0. The van der Waals surface area contributed by atoms with E-state index in [0.29, 0.717) is 6.54 Å². The normalized spacial score (nSPS) is 17.8. The zero-order valence-corrected chi connectivity index (χ0v) is 13.9. The Morgan fingerprint density at radius 3 is 3.00 bits per heavy atom. The summed E-state index contributed by atoms with van der Waals surface area (Å²) in [7, 11) is 1.39. The lowest BCUT2D eigenvalue weighted by Crippen LogP contribution is -2.40. The van der Waals surface area contributed by atoms with Crippen LogP contribution in [0, 0.1) is 0 Å². The van der Waals surface area contributed by atoms with E-state index < -0.39 is 0 Å². The number of aryl methyl sites for hydroxylation is 1. The first-order valence-electron chi connectivity index (χ1n) is 8.14. The van der Waals surface area contributed by atoms with Gasteiger partial charge in [-0.3, -0.25) is 9.59 Å². The van der Waals surface area contributed by atoms with Crippen molar-refractivity contribution >= 4 is 5.91 Å². The Hall–Kier alpha value is -2.57. The summed E-state index contributed by atoms with van der Waals surface area (Å²) in [5, 5.41) is 0. The molecule has 0 radical (unpaired) electrons. The first-order chi connectivity index (χ1) is 11.7. The Morgan fingerprint density at radius 1 is 1.46 bits per heavy atom. The molecule has 2 aromatic rings. The number of likely N-dealkylation sites (tertiary alicyclic amines) is 1. The molecule has 3 heterocycles. The van der Waals surface area contributed by atoms with Gasteiger partial charge in [0.05, 0.1) is 13.2 Å². The quantitative estimate of drug-likeness (QED) is 0.858. The number of hydrogen-bond donors (Lipinski definition) is 0. The van der Waals surface area contributed by atoms with Crippen molar-refractivity contribution in [3.8, 4) is 5.75 Å². The first kappa shape index (κ1) is 16.3. The molecule has 1 atom stereocenters. The van der Waals surface area contributed by atoms with E-state index in [1.807, 2.05) is 17.7 Å². The molecule has 1 saturated heterocycles. The lowest BCUT2D eigenvalue weighted by Gasteiger charge is -2.35. The minimum Gasteiger partial charge on any atom is -0.490 e. The molecule has 1 aliphatic rings. The second-order valence-electron chi connectivity index (χ2n) is 5.76. The van der Waals surface area contributed by atoms with Gasteiger partial charge in [0.25, 0.3) is 5.91 Å². The molecule has 7 heteroatoms. The Kier molecular flexibility index (Phi) is 4.69. The van der Waals surface area contributed by atoms with E-state index in [-0.39, 0.29) is 28.9 Å². The van der Waals surface area contributed by atoms with Crippen molar-refractivity contribution in [2.45, 2.75) is 38.8 Å². The molecule has 0 saturated carbocycles. The standard InChI is InChI=1S/C17H21N3O4/c1-3-19-9-7-18-16(19)12-6-4-5-8-20(12)17(22)14-10-13(21)15(23-2)11-24-14/h7,9-12H,3-6,8H2,1-2H3/t12-/m1/s1. The molecule has 0 N–H and O–H groups in total. The fourth-order valence-electron chi connectivity index (χ4n) is 3.13. The summed E-state index contributed by atoms with van der Waals surface area (Å²) in [5.41, 5.74) is -0.365. The van der Waals surface area contributed by atoms with Crippen LogP contribution in [0.25, 0.3) is 0 Å². The molecule has 7 nitrogen and oxygen atoms in total. The maximum atomic E-state index is 12.9. The van der Waals surface area contributed by atoms with Crippen LogP contribution in [0.2, 0.25) is 0 Å². The maximum Gasteiger partial charge on any atom is 0.290 e. The number of rotatable bonds is 4. The summed E-state index contributed by atoms with van der Waals surface area (Å²) >= 11 is 0. The number of imidazole rings is 1. The predicted octanol–water partition coefficient (Wildman–Crippen LogP) is 2.23. The monoisotopic (exact) mass is 331 g/mol. The molecule has 0 aromatic carbocycles. The third kappa shape index (κ3) is 2.93. The Balaban J connectivity index is 1.91. The topological polar surface area (TPSA) is 77.6 Å². The van der Waals surface area contributed by atoms with E-state index >= 15 is 0 Å². The van der Waals surface area contributed by atoms with Gasteiger partial charge < -0.3 is 18.6 Å². The molecule has 1 amide bonds. The smallest absolute Gasteiger partial charge is 0.290 e. The summed E-state index contributed by atoms with van der Waals surface area (Å²) in [6.07, 6.45) is 7.67. The van der Waals surface area contributed by atoms with Crippen molar-refractivity contribution in [3.05, 3.63) is 46.5 Å². The van der Waals surface area contributed by atoms with E-state index in [4.69, 9.17) is 9.15 Å². The van der Waals surface area contributed by atoms with Gasteiger partial charge in [0.1, 0.15) is 12.1 Å². The molecule has 1 aliphatic heterocycles. The van der Waals surface area contributed by atoms with Crippen molar-refractivity contribution in [2.24, 2.45) is 0 Å². The first-order valence-corrected chi connectivity index (χ1v) is 8.14. The van der Waals surface area contributed by atoms with Crippen molar-refractivity contribution in [1.29, 1.82) is 0 Å². The number of carbonyl (C=O) groups is 1. The summed E-state index contributed by atoms with van der Waals surface area (Å²) < 4.78 is 12.3. The maximum absolute atomic E-state index is 12.9. The highest BCUT2D eigenvalue weighted by Gasteiger charge is 2.32. The summed E-state index contributed by atoms with van der Waals surface area (Å²) in [6, 6.07) is 1.09. The predicted molar refractivity (Wildman–Crippen MR) is 87.1 cm³/mol. The van der Waals surface area contributed by atoms with Crippen LogP contribution < -0.4 is 10.2 Å². The molecule has 1 fully saturated rings. The van der Waals surface area contributed by atoms with Gasteiger partial charge in [-0.25, -0.2) is 4.98 Å². The molecule has 24 heavy (non-hydrogen) atoms. The average Bonchev–Trinajstić information content (AvgIpc) is 3.09. The van der Waals surface area contributed by atoms with Crippen molar-refractivity contribution in [3.63, 3.8) is 0 Å². The van der Waals surface area contributed by atoms with Crippen molar-refractivity contribution in [2.75, 3.05) is 13.7 Å². The van der Waals surface area contributed by atoms with Gasteiger partial charge in [0.2, 0.25) is 11.2 Å². The van der Waals surface area contributed by atoms with Crippen LogP contribution in [0.1, 0.15) is 48.6 Å². The molecule has 0 unspecified atom stereocenters. The lowest BCUT2D eigenvalue weighted by molar-refractivity contribution is 0.0559. The van der Waals surface area contributed by atoms with Crippen LogP contribution in [-0.2, 0) is 6.54 Å². The van der Waals surface area contributed by atoms with E-state index in [0.717, 1.165) is 31.6 Å². The summed E-state index contributed by atoms with van der Waals surface area (Å²) in [5.74, 6) is 0.706. The van der Waals surface area contributed by atoms with Gasteiger partial charge in [0.15, 0.2) is 5.76 Å². The highest BCUT2D eigenvalue weighted by atomic mass is 16.5. The molecular weight excluding hydrogens is 310 g/mol. The SMILES string of the molecule is CCn1ccnc1[C@H]1CCCCN1C(=O)c1cc(=O)c(OC)co1. The third-order valence-corrected chi connectivity index (χ3v) is 4.38. The van der Waals surface area contributed by atoms with Crippen LogP contribution >= 0.6 is 0 Å². The second kappa shape index (κ2) is 6.90. The fraction of sp³-hybridized carbons (Fsp3) is 0.471. The number of amides is 1. The number of hydrogen-bond acceptors (Lipinski definition) is 5. The number of piperidine rings is 1. The largest absolute Gasteiger partial charge is 0.490 e. The molecule has 128 valence electrons. The van der Waals surface area contributed by atoms with E-state index in [9.17, 15) is 9.59 Å². The highest BCUT2D eigenvalue weighted by molar-refractivity contribution is 5.91. The molecule has 2 aromatic heterocycles. The Labute approximate surface area is 139 Å². The van der Waals surface area contributed by atoms with Gasteiger partial charge in [0, 0.05) is 31.5 Å². The number of carbonyl (C=O) groups excluding carboxylic acids is 1. The fourth-order valence-corrected chi connectivity index (χ4v) is 3.13. The Bertz CT molecular complexity index is 780. The van der Waals surface area contributed by atoms with E-state index in [2.05, 4.69) is 4.98 Å². The number of nitrogens with zero attached hydrogens (tertiary/aromatic N) is 3. The average molecular weight is 331 g/mol. The zero-order valence-electron chi connectivity index (χ0n) is 13.9. The third-order valence-electron chi connectivity index (χ3n) is 4.38. The van der Waals surface area contributed by atoms with Gasteiger partial charge in [-0.2, -0.15) is 0 Å². The van der Waals surface area contributed by atoms with Gasteiger partial charge >= 0.3 is 0 Å².